The van der Waals surface area contributed by atoms with Crippen molar-refractivity contribution in [3.63, 3.8) is 0 Å². The first-order valence-electron chi connectivity index (χ1n) is 5.04. The number of halogens is 6. The van der Waals surface area contributed by atoms with Gasteiger partial charge in [0, 0.05) is 13.8 Å². The second-order valence-electron chi connectivity index (χ2n) is 3.73. The van der Waals surface area contributed by atoms with Gasteiger partial charge in [-0.2, -0.15) is 13.2 Å². The van der Waals surface area contributed by atoms with E-state index in [0.29, 0.717) is 10.0 Å². The first-order chi connectivity index (χ1) is 8.80. The summed E-state index contributed by atoms with van der Waals surface area (Å²) in [7, 11) is 0. The molecule has 0 saturated heterocycles. The predicted octanol–water partition coefficient (Wildman–Crippen LogP) is 6.62. The summed E-state index contributed by atoms with van der Waals surface area (Å²) in [5, 5.41) is 1.20. The molecule has 1 unspecified atom stereocenters. The molecule has 0 aliphatic heterocycles. The molecule has 1 atom stereocenters. The SMILES string of the molecule is FC(F)(F)c1ccc(Br)c(C(Cl)c2sccc2Br)c1. The minimum atomic E-state index is -4.38. The fourth-order valence-electron chi connectivity index (χ4n) is 1.54. The summed E-state index contributed by atoms with van der Waals surface area (Å²) in [5.74, 6) is 0. The van der Waals surface area contributed by atoms with Gasteiger partial charge in [0.2, 0.25) is 0 Å². The molecule has 0 spiro atoms. The third kappa shape index (κ3) is 3.35. The van der Waals surface area contributed by atoms with Gasteiger partial charge in [0.1, 0.15) is 0 Å². The van der Waals surface area contributed by atoms with Gasteiger partial charge < -0.3 is 0 Å². The minimum absolute atomic E-state index is 0.402. The van der Waals surface area contributed by atoms with Gasteiger partial charge in [0.25, 0.3) is 0 Å². The molecule has 0 saturated carbocycles. The number of hydrogen-bond donors (Lipinski definition) is 0. The van der Waals surface area contributed by atoms with Crippen LogP contribution >= 0.6 is 54.8 Å². The van der Waals surface area contributed by atoms with E-state index in [1.807, 2.05) is 11.4 Å². The summed E-state index contributed by atoms with van der Waals surface area (Å²) in [5.41, 5.74) is -0.302. The zero-order valence-corrected chi connectivity index (χ0v) is 13.9. The maximum Gasteiger partial charge on any atom is 0.416 e. The van der Waals surface area contributed by atoms with Crippen molar-refractivity contribution in [3.8, 4) is 0 Å². The van der Waals surface area contributed by atoms with Crippen molar-refractivity contribution in [2.24, 2.45) is 0 Å². The Bertz CT molecular complexity index is 595. The van der Waals surface area contributed by atoms with Gasteiger partial charge in [0.05, 0.1) is 10.9 Å². The largest absolute Gasteiger partial charge is 0.416 e. The maximum absolute atomic E-state index is 12.7. The minimum Gasteiger partial charge on any atom is -0.166 e. The van der Waals surface area contributed by atoms with Gasteiger partial charge in [-0.3, -0.25) is 0 Å². The summed E-state index contributed by atoms with van der Waals surface area (Å²) >= 11 is 14.3. The van der Waals surface area contributed by atoms with Gasteiger partial charge in [0.15, 0.2) is 0 Å². The Morgan fingerprint density at radius 3 is 2.32 bits per heavy atom. The van der Waals surface area contributed by atoms with Crippen molar-refractivity contribution in [3.05, 3.63) is 54.6 Å². The maximum atomic E-state index is 12.7. The van der Waals surface area contributed by atoms with Crippen LogP contribution < -0.4 is 0 Å². The van der Waals surface area contributed by atoms with E-state index in [-0.39, 0.29) is 0 Å². The standard InChI is InChI=1S/C12H6Br2ClF3S/c13-8-2-1-6(12(16,17)18)5-7(8)10(15)11-9(14)3-4-19-11/h1-5,10H. The third-order valence-electron chi connectivity index (χ3n) is 2.47. The highest BCUT2D eigenvalue weighted by molar-refractivity contribution is 9.10. The molecule has 19 heavy (non-hydrogen) atoms. The topological polar surface area (TPSA) is 0 Å². The van der Waals surface area contributed by atoms with Crippen LogP contribution in [0.1, 0.15) is 21.4 Å². The van der Waals surface area contributed by atoms with E-state index in [2.05, 4.69) is 31.9 Å². The van der Waals surface area contributed by atoms with E-state index in [1.54, 1.807) is 0 Å². The molecule has 0 amide bonds. The fraction of sp³-hybridized carbons (Fsp3) is 0.167. The third-order valence-corrected chi connectivity index (χ3v) is 5.71. The Kier molecular flexibility index (Phi) is 4.65. The van der Waals surface area contributed by atoms with Crippen molar-refractivity contribution < 1.29 is 13.2 Å². The van der Waals surface area contributed by atoms with Crippen molar-refractivity contribution in [1.82, 2.24) is 0 Å². The molecule has 2 aromatic rings. The van der Waals surface area contributed by atoms with Crippen LogP contribution in [0.2, 0.25) is 0 Å². The number of rotatable bonds is 2. The van der Waals surface area contributed by atoms with E-state index < -0.39 is 17.1 Å². The van der Waals surface area contributed by atoms with Crippen LogP contribution in [-0.4, -0.2) is 0 Å². The molecule has 0 fully saturated rings. The highest BCUT2D eigenvalue weighted by Gasteiger charge is 2.32. The van der Waals surface area contributed by atoms with Crippen molar-refractivity contribution in [2.45, 2.75) is 11.6 Å². The smallest absolute Gasteiger partial charge is 0.166 e. The summed E-state index contributed by atoms with van der Waals surface area (Å²) in [4.78, 5) is 0.779. The van der Waals surface area contributed by atoms with Crippen LogP contribution in [0.3, 0.4) is 0 Å². The van der Waals surface area contributed by atoms with E-state index in [0.717, 1.165) is 21.5 Å². The predicted molar refractivity (Wildman–Crippen MR) is 78.9 cm³/mol. The first kappa shape index (κ1) is 15.4. The summed E-state index contributed by atoms with van der Waals surface area (Å²) in [6.45, 7) is 0. The molecule has 1 aromatic heterocycles. The molecule has 0 bridgehead atoms. The van der Waals surface area contributed by atoms with Crippen molar-refractivity contribution in [2.75, 3.05) is 0 Å². The Morgan fingerprint density at radius 1 is 1.11 bits per heavy atom. The zero-order valence-electron chi connectivity index (χ0n) is 9.14. The Labute approximate surface area is 133 Å². The molecule has 0 aliphatic rings. The molecule has 0 N–H and O–H groups in total. The van der Waals surface area contributed by atoms with Crippen molar-refractivity contribution in [1.29, 1.82) is 0 Å². The second-order valence-corrected chi connectivity index (χ2v) is 6.82. The van der Waals surface area contributed by atoms with Gasteiger partial charge in [-0.05, 0) is 51.1 Å². The average Bonchev–Trinajstić information content (AvgIpc) is 2.73. The quantitative estimate of drug-likeness (QED) is 0.466. The van der Waals surface area contributed by atoms with Gasteiger partial charge in [-0.1, -0.05) is 15.9 Å². The number of benzene rings is 1. The van der Waals surface area contributed by atoms with E-state index in [9.17, 15) is 13.2 Å². The number of alkyl halides is 4. The van der Waals surface area contributed by atoms with Crippen molar-refractivity contribution >= 4 is 54.8 Å². The zero-order chi connectivity index (χ0) is 14.2. The molecule has 0 nitrogen and oxygen atoms in total. The van der Waals surface area contributed by atoms with Gasteiger partial charge in [-0.15, -0.1) is 22.9 Å². The van der Waals surface area contributed by atoms with Crippen LogP contribution in [0.4, 0.5) is 13.2 Å². The van der Waals surface area contributed by atoms with Crippen LogP contribution in [0, 0.1) is 0 Å². The van der Waals surface area contributed by atoms with Gasteiger partial charge >= 0.3 is 6.18 Å². The first-order valence-corrected chi connectivity index (χ1v) is 7.94. The summed E-state index contributed by atoms with van der Waals surface area (Å²) in [6.07, 6.45) is -4.38. The number of hydrogen-bond acceptors (Lipinski definition) is 1. The summed E-state index contributed by atoms with van der Waals surface area (Å²) < 4.78 is 39.5. The molecule has 0 radical (unpaired) electrons. The van der Waals surface area contributed by atoms with Crippen LogP contribution in [-0.2, 0) is 6.18 Å². The fourth-order valence-corrected chi connectivity index (χ4v) is 4.33. The average molecular weight is 435 g/mol. The Hall–Kier alpha value is -0.0400. The van der Waals surface area contributed by atoms with Crippen LogP contribution in [0.5, 0.6) is 0 Å². The molecule has 102 valence electrons. The molecule has 1 heterocycles. The molecule has 7 heteroatoms. The second kappa shape index (κ2) is 5.76. The van der Waals surface area contributed by atoms with E-state index in [4.69, 9.17) is 11.6 Å². The molecular weight excluding hydrogens is 428 g/mol. The lowest BCUT2D eigenvalue weighted by atomic mass is 10.1. The lowest BCUT2D eigenvalue weighted by Crippen LogP contribution is -2.06. The monoisotopic (exact) mass is 432 g/mol. The van der Waals surface area contributed by atoms with Crippen LogP contribution in [0.15, 0.2) is 38.6 Å². The Balaban J connectivity index is 2.47. The van der Waals surface area contributed by atoms with Gasteiger partial charge in [-0.25, -0.2) is 0 Å². The Morgan fingerprint density at radius 2 is 1.79 bits per heavy atom. The van der Waals surface area contributed by atoms with E-state index in [1.165, 1.54) is 17.4 Å². The van der Waals surface area contributed by atoms with Crippen LogP contribution in [0.25, 0.3) is 0 Å². The lowest BCUT2D eigenvalue weighted by molar-refractivity contribution is -0.137. The molecule has 1 aromatic carbocycles. The highest BCUT2D eigenvalue weighted by Crippen LogP contribution is 2.42. The molecule has 2 rings (SSSR count). The summed E-state index contributed by atoms with van der Waals surface area (Å²) in [6, 6.07) is 5.29. The normalized spacial score (nSPS) is 13.6. The highest BCUT2D eigenvalue weighted by atomic mass is 79.9. The lowest BCUT2D eigenvalue weighted by Gasteiger charge is -2.14. The molecular formula is C12H6Br2ClF3S. The molecule has 0 aliphatic carbocycles. The van der Waals surface area contributed by atoms with E-state index >= 15 is 0 Å². The number of thiophene rings is 1.